The molecular weight excluding hydrogens is 500 g/mol. The van der Waals surface area contributed by atoms with E-state index in [4.69, 9.17) is 13.6 Å². The Balaban J connectivity index is 1.45. The van der Waals surface area contributed by atoms with Crippen LogP contribution < -0.4 is 10.3 Å². The molecular formula is C29H20N4O6. The zero-order chi connectivity index (χ0) is 27.1. The molecule has 0 aliphatic rings. The Morgan fingerprint density at radius 3 is 2.64 bits per heavy atom. The predicted octanol–water partition coefficient (Wildman–Crippen LogP) is 6.18. The molecule has 192 valence electrons. The first kappa shape index (κ1) is 23.9. The summed E-state index contributed by atoms with van der Waals surface area (Å²) in [6.07, 6.45) is 1.39. The summed E-state index contributed by atoms with van der Waals surface area (Å²) in [6, 6.07) is 22.4. The van der Waals surface area contributed by atoms with Crippen molar-refractivity contribution in [2.75, 3.05) is 7.11 Å². The number of hydrogen-bond acceptors (Lipinski definition) is 8. The maximum Gasteiger partial charge on any atom is 0.282 e. The van der Waals surface area contributed by atoms with Gasteiger partial charge in [-0.1, -0.05) is 30.3 Å². The Labute approximate surface area is 220 Å². The van der Waals surface area contributed by atoms with Gasteiger partial charge in [0, 0.05) is 17.2 Å². The van der Waals surface area contributed by atoms with Gasteiger partial charge in [-0.2, -0.15) is 9.78 Å². The van der Waals surface area contributed by atoms with Crippen LogP contribution in [0, 0.1) is 17.0 Å². The van der Waals surface area contributed by atoms with Crippen LogP contribution in [-0.4, -0.2) is 27.9 Å². The van der Waals surface area contributed by atoms with Gasteiger partial charge >= 0.3 is 0 Å². The van der Waals surface area contributed by atoms with E-state index < -0.39 is 4.92 Å². The number of fused-ring (bicyclic) bond motifs is 2. The second-order valence-corrected chi connectivity index (χ2v) is 8.76. The molecule has 0 bridgehead atoms. The summed E-state index contributed by atoms with van der Waals surface area (Å²) in [6.45, 7) is 1.67. The highest BCUT2D eigenvalue weighted by Gasteiger charge is 2.18. The maximum absolute atomic E-state index is 13.5. The number of ether oxygens (including phenoxy) is 1. The zero-order valence-corrected chi connectivity index (χ0v) is 20.8. The van der Waals surface area contributed by atoms with Crippen molar-refractivity contribution in [2.45, 2.75) is 6.92 Å². The van der Waals surface area contributed by atoms with E-state index in [0.717, 1.165) is 10.1 Å². The third-order valence-corrected chi connectivity index (χ3v) is 6.33. The summed E-state index contributed by atoms with van der Waals surface area (Å²) in [7, 11) is 1.57. The molecule has 3 aromatic carbocycles. The normalized spacial score (nSPS) is 11.5. The highest BCUT2D eigenvalue weighted by atomic mass is 16.6. The van der Waals surface area contributed by atoms with Crippen molar-refractivity contribution >= 4 is 33.8 Å². The van der Waals surface area contributed by atoms with Crippen LogP contribution in [0.15, 0.2) is 97.6 Å². The first-order valence-corrected chi connectivity index (χ1v) is 11.9. The van der Waals surface area contributed by atoms with Crippen LogP contribution in [0.3, 0.4) is 0 Å². The van der Waals surface area contributed by atoms with E-state index in [1.165, 1.54) is 12.3 Å². The van der Waals surface area contributed by atoms with Crippen molar-refractivity contribution in [3.05, 3.63) is 111 Å². The Hall–Kier alpha value is -5.51. The third kappa shape index (κ3) is 4.23. The van der Waals surface area contributed by atoms with Gasteiger partial charge in [-0.3, -0.25) is 14.9 Å². The second kappa shape index (κ2) is 9.42. The van der Waals surface area contributed by atoms with Crippen LogP contribution in [0.25, 0.3) is 44.8 Å². The molecule has 10 heteroatoms. The summed E-state index contributed by atoms with van der Waals surface area (Å²) < 4.78 is 18.5. The van der Waals surface area contributed by atoms with E-state index in [0.29, 0.717) is 50.6 Å². The Morgan fingerprint density at radius 2 is 1.82 bits per heavy atom. The molecule has 0 saturated carbocycles. The van der Waals surface area contributed by atoms with Crippen LogP contribution in [0.5, 0.6) is 5.75 Å². The molecule has 10 nitrogen and oxygen atoms in total. The number of nitro groups is 1. The molecule has 0 aliphatic heterocycles. The van der Waals surface area contributed by atoms with Crippen LogP contribution in [0.1, 0.15) is 11.3 Å². The van der Waals surface area contributed by atoms with Gasteiger partial charge in [0.25, 0.3) is 11.2 Å². The van der Waals surface area contributed by atoms with Crippen molar-refractivity contribution in [1.29, 1.82) is 0 Å². The molecule has 0 atom stereocenters. The van der Waals surface area contributed by atoms with E-state index >= 15 is 0 Å². The smallest absolute Gasteiger partial charge is 0.282 e. The van der Waals surface area contributed by atoms with Gasteiger partial charge in [-0.05, 0) is 49.4 Å². The quantitative estimate of drug-likeness (QED) is 0.146. The second-order valence-electron chi connectivity index (χ2n) is 8.76. The SMILES string of the molecule is COc1cccc2oc(-c3nc4ccccc4c(=O)n3N=Cc3ccc(-c4ccc(C)c([N+](=O)[O-])c4)o3)cc12. The molecule has 0 N–H and O–H groups in total. The van der Waals surface area contributed by atoms with Gasteiger partial charge < -0.3 is 13.6 Å². The van der Waals surface area contributed by atoms with Crippen LogP contribution >= 0.6 is 0 Å². The van der Waals surface area contributed by atoms with Crippen molar-refractivity contribution < 1.29 is 18.5 Å². The molecule has 6 aromatic rings. The van der Waals surface area contributed by atoms with Gasteiger partial charge in [-0.15, -0.1) is 0 Å². The first-order valence-electron chi connectivity index (χ1n) is 11.9. The van der Waals surface area contributed by atoms with E-state index in [9.17, 15) is 14.9 Å². The molecule has 6 rings (SSSR count). The fourth-order valence-electron chi connectivity index (χ4n) is 4.36. The van der Waals surface area contributed by atoms with Crippen molar-refractivity contribution in [3.63, 3.8) is 0 Å². The lowest BCUT2D eigenvalue weighted by Crippen LogP contribution is -2.20. The predicted molar refractivity (Wildman–Crippen MR) is 146 cm³/mol. The topological polar surface area (TPSA) is 126 Å². The van der Waals surface area contributed by atoms with E-state index in [1.807, 2.05) is 12.1 Å². The number of furan rings is 2. The standard InChI is InChI=1S/C29H20N4O6/c1-17-10-11-18(14-23(17)33(35)36)24-13-12-19(38-24)16-30-32-28(31-22-7-4-3-6-20(22)29(32)34)27-15-21-25(37-2)8-5-9-26(21)39-27/h3-16H,1-2H3. The molecule has 3 aromatic heterocycles. The molecule has 0 unspecified atom stereocenters. The Bertz CT molecular complexity index is 1980. The summed E-state index contributed by atoms with van der Waals surface area (Å²) in [5.41, 5.74) is 1.78. The minimum Gasteiger partial charge on any atom is -0.496 e. The number of nitrogens with zero attached hydrogens (tertiary/aromatic N) is 4. The van der Waals surface area contributed by atoms with Crippen molar-refractivity contribution in [2.24, 2.45) is 5.10 Å². The lowest BCUT2D eigenvalue weighted by molar-refractivity contribution is -0.385. The average molecular weight is 521 g/mol. The van der Waals surface area contributed by atoms with Gasteiger partial charge in [0.05, 0.1) is 34.5 Å². The van der Waals surface area contributed by atoms with E-state index in [-0.39, 0.29) is 17.1 Å². The number of rotatable bonds is 6. The minimum atomic E-state index is -0.432. The van der Waals surface area contributed by atoms with Crippen molar-refractivity contribution in [3.8, 4) is 28.7 Å². The summed E-state index contributed by atoms with van der Waals surface area (Å²) in [5, 5.41) is 16.9. The molecule has 0 fully saturated rings. The maximum atomic E-state index is 13.5. The lowest BCUT2D eigenvalue weighted by Gasteiger charge is -2.06. The fraction of sp³-hybridized carbons (Fsp3) is 0.0690. The molecule has 3 heterocycles. The molecule has 0 saturated heterocycles. The third-order valence-electron chi connectivity index (χ3n) is 6.33. The highest BCUT2D eigenvalue weighted by Crippen LogP contribution is 2.33. The summed E-state index contributed by atoms with van der Waals surface area (Å²) in [4.78, 5) is 29.1. The fourth-order valence-corrected chi connectivity index (χ4v) is 4.36. The van der Waals surface area contributed by atoms with Gasteiger partial charge in [-0.25, -0.2) is 4.98 Å². The number of nitro benzene ring substituents is 1. The van der Waals surface area contributed by atoms with E-state index in [1.54, 1.807) is 74.7 Å². The number of aryl methyl sites for hydroxylation is 1. The van der Waals surface area contributed by atoms with E-state index in [2.05, 4.69) is 10.1 Å². The number of para-hydroxylation sites is 1. The summed E-state index contributed by atoms with van der Waals surface area (Å²) >= 11 is 0. The lowest BCUT2D eigenvalue weighted by atomic mass is 10.1. The van der Waals surface area contributed by atoms with Crippen LogP contribution in [0.2, 0.25) is 0 Å². The zero-order valence-electron chi connectivity index (χ0n) is 20.8. The largest absolute Gasteiger partial charge is 0.496 e. The van der Waals surface area contributed by atoms with Gasteiger partial charge in [0.2, 0.25) is 5.82 Å². The number of hydrogen-bond donors (Lipinski definition) is 0. The minimum absolute atomic E-state index is 0.0000133. The van der Waals surface area contributed by atoms with Gasteiger partial charge in [0.1, 0.15) is 22.9 Å². The molecule has 0 radical (unpaired) electrons. The monoisotopic (exact) mass is 520 g/mol. The van der Waals surface area contributed by atoms with Crippen LogP contribution in [-0.2, 0) is 0 Å². The van der Waals surface area contributed by atoms with Crippen molar-refractivity contribution in [1.82, 2.24) is 9.66 Å². The Morgan fingerprint density at radius 1 is 0.974 bits per heavy atom. The molecule has 0 amide bonds. The number of benzene rings is 3. The van der Waals surface area contributed by atoms with Gasteiger partial charge in [0.15, 0.2) is 5.76 Å². The van der Waals surface area contributed by atoms with Crippen LogP contribution in [0.4, 0.5) is 5.69 Å². The molecule has 0 spiro atoms. The molecule has 39 heavy (non-hydrogen) atoms. The average Bonchev–Trinajstić information content (AvgIpc) is 3.60. The summed E-state index contributed by atoms with van der Waals surface area (Å²) in [5.74, 6) is 1.93. The first-order chi connectivity index (χ1) is 18.9. The highest BCUT2D eigenvalue weighted by molar-refractivity contribution is 5.88. The number of aromatic nitrogens is 2. The number of methoxy groups -OCH3 is 1. The molecule has 0 aliphatic carbocycles. The Kier molecular flexibility index (Phi) is 5.76.